The molecule has 3 nitrogen and oxygen atoms in total. The average Bonchev–Trinajstić information content (AvgIpc) is 2.27. The Bertz CT molecular complexity index is 287. The van der Waals surface area contributed by atoms with E-state index in [2.05, 4.69) is 5.32 Å². The fourth-order valence-corrected chi connectivity index (χ4v) is 4.74. The van der Waals surface area contributed by atoms with Crippen molar-refractivity contribution in [3.63, 3.8) is 0 Å². The van der Waals surface area contributed by atoms with Crippen LogP contribution in [0.1, 0.15) is 39.0 Å². The molecule has 4 aliphatic carbocycles. The third-order valence-electron chi connectivity index (χ3n) is 5.19. The van der Waals surface area contributed by atoms with Gasteiger partial charge >= 0.3 is 0 Å². The van der Waals surface area contributed by atoms with Gasteiger partial charge < -0.3 is 10.4 Å². The summed E-state index contributed by atoms with van der Waals surface area (Å²) < 4.78 is 0. The second-order valence-corrected chi connectivity index (χ2v) is 6.55. The lowest BCUT2D eigenvalue weighted by Gasteiger charge is -2.53. The molecule has 0 heterocycles. The minimum Gasteiger partial charge on any atom is -0.394 e. The van der Waals surface area contributed by atoms with Crippen LogP contribution in [-0.2, 0) is 4.79 Å². The molecule has 0 saturated heterocycles. The highest BCUT2D eigenvalue weighted by atomic mass is 16.3. The molecule has 17 heavy (non-hydrogen) atoms. The van der Waals surface area contributed by atoms with Crippen molar-refractivity contribution < 1.29 is 9.90 Å². The van der Waals surface area contributed by atoms with Gasteiger partial charge in [-0.3, -0.25) is 4.79 Å². The molecular weight excluding hydrogens is 214 g/mol. The van der Waals surface area contributed by atoms with E-state index in [0.29, 0.717) is 11.8 Å². The smallest absolute Gasteiger partial charge is 0.223 e. The second kappa shape index (κ2) is 4.27. The Morgan fingerprint density at radius 2 is 1.71 bits per heavy atom. The Kier molecular flexibility index (Phi) is 2.89. The lowest BCUT2D eigenvalue weighted by Crippen LogP contribution is -2.52. The first-order chi connectivity index (χ1) is 8.17. The van der Waals surface area contributed by atoms with E-state index >= 15 is 0 Å². The summed E-state index contributed by atoms with van der Waals surface area (Å²) in [5.41, 5.74) is 0. The first-order valence-electron chi connectivity index (χ1n) is 7.08. The van der Waals surface area contributed by atoms with Crippen LogP contribution in [0.15, 0.2) is 0 Å². The normalized spacial score (nSPS) is 44.7. The zero-order valence-electron chi connectivity index (χ0n) is 10.6. The fourth-order valence-electron chi connectivity index (χ4n) is 4.74. The number of hydrogen-bond donors (Lipinski definition) is 2. The molecule has 0 aromatic carbocycles. The highest BCUT2D eigenvalue weighted by molar-refractivity contribution is 5.80. The van der Waals surface area contributed by atoms with Crippen LogP contribution in [-0.4, -0.2) is 23.7 Å². The van der Waals surface area contributed by atoms with Crippen LogP contribution in [0.4, 0.5) is 0 Å². The van der Waals surface area contributed by atoms with Gasteiger partial charge in [0.15, 0.2) is 0 Å². The third-order valence-corrected chi connectivity index (χ3v) is 5.19. The largest absolute Gasteiger partial charge is 0.394 e. The molecule has 4 fully saturated rings. The Morgan fingerprint density at radius 3 is 2.18 bits per heavy atom. The summed E-state index contributed by atoms with van der Waals surface area (Å²) in [4.78, 5) is 12.3. The van der Waals surface area contributed by atoms with Crippen LogP contribution < -0.4 is 5.32 Å². The number of carbonyl (C=O) groups is 1. The maximum atomic E-state index is 12.3. The van der Waals surface area contributed by atoms with Gasteiger partial charge in [-0.05, 0) is 62.7 Å². The van der Waals surface area contributed by atoms with Crippen LogP contribution in [0.25, 0.3) is 0 Å². The monoisotopic (exact) mass is 237 g/mol. The standard InChI is InChI=1S/C14H23NO2/c1-8(7-16)15-14(17)13-11-3-9-2-10(5-11)6-12(13)4-9/h8-13,16H,2-7H2,1H3,(H,15,17)/t8-,9?,10?,11?,12?,13?/m1/s1. The average molecular weight is 237 g/mol. The number of hydrogen-bond acceptors (Lipinski definition) is 2. The molecule has 96 valence electrons. The Morgan fingerprint density at radius 1 is 1.18 bits per heavy atom. The van der Waals surface area contributed by atoms with Crippen LogP contribution in [0.2, 0.25) is 0 Å². The molecule has 0 aromatic rings. The summed E-state index contributed by atoms with van der Waals surface area (Å²) >= 11 is 0. The summed E-state index contributed by atoms with van der Waals surface area (Å²) in [6.07, 6.45) is 6.53. The molecule has 0 spiro atoms. The van der Waals surface area contributed by atoms with Crippen molar-refractivity contribution >= 4 is 5.91 Å². The molecule has 1 atom stereocenters. The van der Waals surface area contributed by atoms with Crippen molar-refractivity contribution in [2.24, 2.45) is 29.6 Å². The van der Waals surface area contributed by atoms with Crippen LogP contribution in [0, 0.1) is 29.6 Å². The summed E-state index contributed by atoms with van der Waals surface area (Å²) in [6, 6.07) is -0.0975. The number of carbonyl (C=O) groups excluding carboxylic acids is 1. The first kappa shape index (κ1) is 11.5. The van der Waals surface area contributed by atoms with E-state index in [-0.39, 0.29) is 24.5 Å². The van der Waals surface area contributed by atoms with Crippen LogP contribution >= 0.6 is 0 Å². The summed E-state index contributed by atoms with van der Waals surface area (Å²) in [7, 11) is 0. The van der Waals surface area contributed by atoms with Crippen molar-refractivity contribution in [1.82, 2.24) is 5.32 Å². The lowest BCUT2D eigenvalue weighted by molar-refractivity contribution is -0.139. The van der Waals surface area contributed by atoms with E-state index in [1.54, 1.807) is 0 Å². The number of aliphatic hydroxyl groups excluding tert-OH is 1. The van der Waals surface area contributed by atoms with Gasteiger partial charge in [0.2, 0.25) is 5.91 Å². The van der Waals surface area contributed by atoms with Gasteiger partial charge in [-0.1, -0.05) is 0 Å². The first-order valence-corrected chi connectivity index (χ1v) is 7.08. The predicted molar refractivity (Wildman–Crippen MR) is 65.2 cm³/mol. The molecule has 4 bridgehead atoms. The molecule has 0 aliphatic heterocycles. The van der Waals surface area contributed by atoms with Crippen molar-refractivity contribution in [3.05, 3.63) is 0 Å². The lowest BCUT2D eigenvalue weighted by atomic mass is 9.51. The van der Waals surface area contributed by atoms with Gasteiger partial charge in [-0.25, -0.2) is 0 Å². The second-order valence-electron chi connectivity index (χ2n) is 6.55. The highest BCUT2D eigenvalue weighted by Crippen LogP contribution is 2.56. The van der Waals surface area contributed by atoms with E-state index in [0.717, 1.165) is 11.8 Å². The summed E-state index contributed by atoms with van der Waals surface area (Å²) in [5, 5.41) is 12.0. The van der Waals surface area contributed by atoms with Gasteiger partial charge in [-0.2, -0.15) is 0 Å². The van der Waals surface area contributed by atoms with E-state index in [4.69, 9.17) is 5.11 Å². The number of nitrogens with one attached hydrogen (secondary N) is 1. The van der Waals surface area contributed by atoms with E-state index in [1.165, 1.54) is 32.1 Å². The Balaban J connectivity index is 1.69. The van der Waals surface area contributed by atoms with Crippen molar-refractivity contribution in [2.45, 2.75) is 45.1 Å². The molecule has 4 saturated carbocycles. The SMILES string of the molecule is C[C@H](CO)NC(=O)C1C2CC3CC(C2)CC1C3. The maximum Gasteiger partial charge on any atom is 0.223 e. The molecule has 1 amide bonds. The van der Waals surface area contributed by atoms with Crippen LogP contribution in [0.3, 0.4) is 0 Å². The minimum atomic E-state index is -0.0975. The van der Waals surface area contributed by atoms with Gasteiger partial charge in [0, 0.05) is 12.0 Å². The third kappa shape index (κ3) is 1.99. The molecule has 4 rings (SSSR count). The van der Waals surface area contributed by atoms with E-state index < -0.39 is 0 Å². The number of amides is 1. The summed E-state index contributed by atoms with van der Waals surface area (Å²) in [6.45, 7) is 1.91. The number of aliphatic hydroxyl groups is 1. The number of rotatable bonds is 3. The van der Waals surface area contributed by atoms with Crippen molar-refractivity contribution in [2.75, 3.05) is 6.61 Å². The highest BCUT2D eigenvalue weighted by Gasteiger charge is 2.50. The Hall–Kier alpha value is -0.570. The molecule has 0 aromatic heterocycles. The maximum absolute atomic E-state index is 12.3. The quantitative estimate of drug-likeness (QED) is 0.782. The van der Waals surface area contributed by atoms with E-state index in [1.807, 2.05) is 6.92 Å². The van der Waals surface area contributed by atoms with Crippen LogP contribution in [0.5, 0.6) is 0 Å². The molecule has 0 unspecified atom stereocenters. The molecule has 0 radical (unpaired) electrons. The van der Waals surface area contributed by atoms with Gasteiger partial charge in [0.05, 0.1) is 6.61 Å². The molecule has 3 heteroatoms. The fraction of sp³-hybridized carbons (Fsp3) is 0.929. The summed E-state index contributed by atoms with van der Waals surface area (Å²) in [5.74, 6) is 3.56. The zero-order valence-corrected chi connectivity index (χ0v) is 10.6. The van der Waals surface area contributed by atoms with Gasteiger partial charge in [-0.15, -0.1) is 0 Å². The molecule has 4 aliphatic rings. The molecule has 2 N–H and O–H groups in total. The van der Waals surface area contributed by atoms with Gasteiger partial charge in [0.25, 0.3) is 0 Å². The predicted octanol–water partition coefficient (Wildman–Crippen LogP) is 1.56. The molecular formula is C14H23NO2. The van der Waals surface area contributed by atoms with Crippen molar-refractivity contribution in [3.8, 4) is 0 Å². The topological polar surface area (TPSA) is 49.3 Å². The van der Waals surface area contributed by atoms with Gasteiger partial charge in [0.1, 0.15) is 0 Å². The zero-order chi connectivity index (χ0) is 12.0. The Labute approximate surface area is 103 Å². The van der Waals surface area contributed by atoms with E-state index in [9.17, 15) is 4.79 Å². The van der Waals surface area contributed by atoms with Crippen molar-refractivity contribution in [1.29, 1.82) is 0 Å². The minimum absolute atomic E-state index is 0.0407.